The van der Waals surface area contributed by atoms with Gasteiger partial charge in [-0.25, -0.2) is 9.48 Å². The first kappa shape index (κ1) is 19.4. The van der Waals surface area contributed by atoms with E-state index in [2.05, 4.69) is 5.32 Å². The van der Waals surface area contributed by atoms with Crippen LogP contribution < -0.4 is 10.9 Å². The molecule has 0 saturated carbocycles. The molecule has 3 aromatic rings. The lowest BCUT2D eigenvalue weighted by atomic mass is 10.2. The van der Waals surface area contributed by atoms with E-state index in [9.17, 15) is 14.4 Å². The van der Waals surface area contributed by atoms with Crippen molar-refractivity contribution in [2.24, 2.45) is 7.05 Å². The molecule has 0 atom stereocenters. The van der Waals surface area contributed by atoms with Gasteiger partial charge in [-0.3, -0.25) is 14.3 Å². The van der Waals surface area contributed by atoms with E-state index in [1.54, 1.807) is 42.9 Å². The molecule has 0 fully saturated rings. The Morgan fingerprint density at radius 1 is 1.11 bits per heavy atom. The van der Waals surface area contributed by atoms with Crippen LogP contribution in [-0.4, -0.2) is 27.8 Å². The third-order valence-corrected chi connectivity index (χ3v) is 4.45. The van der Waals surface area contributed by atoms with Gasteiger partial charge in [0, 0.05) is 12.1 Å². The number of carbonyl (C=O) groups is 2. The van der Waals surface area contributed by atoms with Crippen LogP contribution in [0.2, 0.25) is 5.02 Å². The zero-order valence-electron chi connectivity index (χ0n) is 15.3. The third-order valence-electron chi connectivity index (χ3n) is 4.21. The summed E-state index contributed by atoms with van der Waals surface area (Å²) in [5, 5.41) is 2.92. The molecule has 0 aliphatic carbocycles. The van der Waals surface area contributed by atoms with Crippen molar-refractivity contribution in [2.45, 2.75) is 6.92 Å². The fourth-order valence-corrected chi connectivity index (χ4v) is 2.91. The van der Waals surface area contributed by atoms with Crippen LogP contribution in [0.3, 0.4) is 0 Å². The summed E-state index contributed by atoms with van der Waals surface area (Å²) in [6.07, 6.45) is 0. The van der Waals surface area contributed by atoms with Crippen LogP contribution in [0.1, 0.15) is 16.1 Å². The van der Waals surface area contributed by atoms with Crippen molar-refractivity contribution in [2.75, 3.05) is 11.9 Å². The molecule has 1 aromatic heterocycles. The van der Waals surface area contributed by atoms with Crippen molar-refractivity contribution in [3.8, 4) is 5.69 Å². The lowest BCUT2D eigenvalue weighted by Crippen LogP contribution is -2.25. The average Bonchev–Trinajstić information content (AvgIpc) is 2.90. The maximum atomic E-state index is 12.7. The molecule has 1 heterocycles. The Bertz CT molecular complexity index is 1090. The van der Waals surface area contributed by atoms with E-state index in [1.165, 1.54) is 16.8 Å². The predicted molar refractivity (Wildman–Crippen MR) is 106 cm³/mol. The second kappa shape index (κ2) is 8.14. The summed E-state index contributed by atoms with van der Waals surface area (Å²) >= 11 is 5.84. The van der Waals surface area contributed by atoms with Crippen molar-refractivity contribution in [3.63, 3.8) is 0 Å². The summed E-state index contributed by atoms with van der Waals surface area (Å²) in [6, 6.07) is 15.3. The van der Waals surface area contributed by atoms with Gasteiger partial charge < -0.3 is 10.1 Å². The smallest absolute Gasteiger partial charge is 0.338 e. The number of para-hydroxylation sites is 1. The van der Waals surface area contributed by atoms with Crippen LogP contribution in [0.15, 0.2) is 59.4 Å². The van der Waals surface area contributed by atoms with E-state index in [4.69, 9.17) is 16.3 Å². The third kappa shape index (κ3) is 3.99. The van der Waals surface area contributed by atoms with E-state index in [0.29, 0.717) is 16.4 Å². The average molecular weight is 400 g/mol. The van der Waals surface area contributed by atoms with Gasteiger partial charge >= 0.3 is 5.97 Å². The molecule has 3 rings (SSSR count). The number of carbonyl (C=O) groups excluding carboxylic acids is 2. The highest BCUT2D eigenvalue weighted by molar-refractivity contribution is 6.30. The number of benzene rings is 2. The van der Waals surface area contributed by atoms with E-state index < -0.39 is 18.5 Å². The van der Waals surface area contributed by atoms with Crippen LogP contribution in [0.5, 0.6) is 0 Å². The Morgan fingerprint density at radius 3 is 2.50 bits per heavy atom. The quantitative estimate of drug-likeness (QED) is 0.669. The lowest BCUT2D eigenvalue weighted by molar-refractivity contribution is -0.119. The van der Waals surface area contributed by atoms with Gasteiger partial charge in [0.2, 0.25) is 0 Å². The molecule has 28 heavy (non-hydrogen) atoms. The van der Waals surface area contributed by atoms with Crippen LogP contribution in [-0.2, 0) is 16.6 Å². The number of ether oxygens (including phenoxy) is 1. The monoisotopic (exact) mass is 399 g/mol. The molecular formula is C20H18ClN3O4. The van der Waals surface area contributed by atoms with Crippen molar-refractivity contribution in [1.82, 2.24) is 9.36 Å². The molecule has 0 spiro atoms. The highest BCUT2D eigenvalue weighted by atomic mass is 35.5. The number of nitrogens with one attached hydrogen (secondary N) is 1. The molecule has 0 radical (unpaired) electrons. The lowest BCUT2D eigenvalue weighted by Gasteiger charge is -2.07. The Kier molecular flexibility index (Phi) is 5.65. The van der Waals surface area contributed by atoms with Gasteiger partial charge in [0.1, 0.15) is 5.69 Å². The summed E-state index contributed by atoms with van der Waals surface area (Å²) in [7, 11) is 1.72. The minimum Gasteiger partial charge on any atom is -0.452 e. The number of amides is 1. The summed E-state index contributed by atoms with van der Waals surface area (Å²) < 4.78 is 8.08. The predicted octanol–water partition coefficient (Wildman–Crippen LogP) is 2.93. The van der Waals surface area contributed by atoms with Crippen molar-refractivity contribution in [1.29, 1.82) is 0 Å². The highest BCUT2D eigenvalue weighted by Gasteiger charge is 2.19. The first-order valence-electron chi connectivity index (χ1n) is 8.45. The number of aromatic nitrogens is 2. The van der Waals surface area contributed by atoms with Crippen molar-refractivity contribution >= 4 is 29.2 Å². The molecule has 0 bridgehead atoms. The molecule has 2 aromatic carbocycles. The normalized spacial score (nSPS) is 10.5. The van der Waals surface area contributed by atoms with Gasteiger partial charge in [-0.2, -0.15) is 0 Å². The number of nitrogens with zero attached hydrogens (tertiary/aromatic N) is 2. The minimum absolute atomic E-state index is 0.134. The maximum Gasteiger partial charge on any atom is 0.338 e. The fourth-order valence-electron chi connectivity index (χ4n) is 2.72. The van der Waals surface area contributed by atoms with Crippen LogP contribution in [0, 0.1) is 6.92 Å². The summed E-state index contributed by atoms with van der Waals surface area (Å²) in [5.41, 5.74) is 1.24. The molecule has 1 N–H and O–H groups in total. The van der Waals surface area contributed by atoms with Crippen molar-refractivity contribution < 1.29 is 14.3 Å². The first-order chi connectivity index (χ1) is 13.4. The van der Waals surface area contributed by atoms with E-state index in [1.807, 2.05) is 18.2 Å². The molecule has 0 aliphatic heterocycles. The Hall–Kier alpha value is -3.32. The van der Waals surface area contributed by atoms with Crippen LogP contribution >= 0.6 is 11.6 Å². The Morgan fingerprint density at radius 2 is 1.82 bits per heavy atom. The Balaban J connectivity index is 1.73. The zero-order chi connectivity index (χ0) is 20.3. The summed E-state index contributed by atoms with van der Waals surface area (Å²) in [4.78, 5) is 37.0. The van der Waals surface area contributed by atoms with Gasteiger partial charge in [0.05, 0.1) is 16.9 Å². The van der Waals surface area contributed by atoms with Gasteiger partial charge in [-0.05, 0) is 37.3 Å². The van der Waals surface area contributed by atoms with Crippen molar-refractivity contribution in [3.05, 3.63) is 81.2 Å². The number of anilines is 1. The maximum absolute atomic E-state index is 12.7. The van der Waals surface area contributed by atoms with E-state index >= 15 is 0 Å². The van der Waals surface area contributed by atoms with Gasteiger partial charge in [-0.15, -0.1) is 0 Å². The largest absolute Gasteiger partial charge is 0.452 e. The van der Waals surface area contributed by atoms with Gasteiger partial charge in [0.15, 0.2) is 6.61 Å². The van der Waals surface area contributed by atoms with Crippen LogP contribution in [0.25, 0.3) is 5.69 Å². The topological polar surface area (TPSA) is 82.3 Å². The number of halogens is 1. The molecule has 7 nitrogen and oxygen atoms in total. The fraction of sp³-hybridized carbons (Fsp3) is 0.150. The van der Waals surface area contributed by atoms with Crippen LogP contribution in [0.4, 0.5) is 5.69 Å². The summed E-state index contributed by atoms with van der Waals surface area (Å²) in [5.74, 6) is -1.29. The standard InChI is InChI=1S/C20H18ClN3O4/c1-13-18(19(26)24(23(13)2)16-9-4-3-5-10-16)22-17(25)12-28-20(27)14-7-6-8-15(21)11-14/h3-11H,12H2,1-2H3,(H,22,25). The number of esters is 1. The zero-order valence-corrected chi connectivity index (χ0v) is 16.1. The molecule has 8 heteroatoms. The minimum atomic E-state index is -0.677. The number of hydrogen-bond acceptors (Lipinski definition) is 4. The molecule has 1 amide bonds. The number of hydrogen-bond donors (Lipinski definition) is 1. The summed E-state index contributed by atoms with van der Waals surface area (Å²) in [6.45, 7) is 1.19. The first-order valence-corrected chi connectivity index (χ1v) is 8.83. The second-order valence-electron chi connectivity index (χ2n) is 6.07. The molecular weight excluding hydrogens is 382 g/mol. The molecule has 0 aliphatic rings. The molecule has 0 saturated heterocycles. The molecule has 144 valence electrons. The Labute approximate surface area is 166 Å². The number of rotatable bonds is 5. The van der Waals surface area contributed by atoms with Gasteiger partial charge in [0.25, 0.3) is 11.5 Å². The molecule has 0 unspecified atom stereocenters. The van der Waals surface area contributed by atoms with E-state index in [0.717, 1.165) is 0 Å². The second-order valence-corrected chi connectivity index (χ2v) is 6.51. The SMILES string of the molecule is Cc1c(NC(=O)COC(=O)c2cccc(Cl)c2)c(=O)n(-c2ccccc2)n1C. The highest BCUT2D eigenvalue weighted by Crippen LogP contribution is 2.14. The van der Waals surface area contributed by atoms with Gasteiger partial charge in [-0.1, -0.05) is 35.9 Å². The van der Waals surface area contributed by atoms with E-state index in [-0.39, 0.29) is 16.8 Å².